The molecule has 0 amide bonds. The van der Waals surface area contributed by atoms with Crippen molar-refractivity contribution in [2.24, 2.45) is 0 Å². The van der Waals surface area contributed by atoms with Crippen LogP contribution in [0.2, 0.25) is 0 Å². The first-order valence-electron chi connectivity index (χ1n) is 4.97. The second kappa shape index (κ2) is 5.07. The molecule has 3 heteroatoms. The highest BCUT2D eigenvalue weighted by Crippen LogP contribution is 2.04. The zero-order valence-corrected chi connectivity index (χ0v) is 8.67. The van der Waals surface area contributed by atoms with Crippen LogP contribution in [0.25, 0.3) is 0 Å². The fourth-order valence-corrected chi connectivity index (χ4v) is 1.29. The van der Waals surface area contributed by atoms with Crippen molar-refractivity contribution >= 4 is 5.97 Å². The summed E-state index contributed by atoms with van der Waals surface area (Å²) < 4.78 is 5.14. The number of hydrogen-bond acceptors (Lipinski definition) is 3. The van der Waals surface area contributed by atoms with Crippen LogP contribution in [-0.2, 0) is 11.3 Å². The van der Waals surface area contributed by atoms with E-state index >= 15 is 0 Å². The Kier molecular flexibility index (Phi) is 3.28. The lowest BCUT2D eigenvalue weighted by molar-refractivity contribution is 0.0472. The molecule has 1 aromatic carbocycles. The van der Waals surface area contributed by atoms with Crippen LogP contribution >= 0.6 is 0 Å². The Hall–Kier alpha value is -2.16. The quantitative estimate of drug-likeness (QED) is 0.735. The molecule has 0 bridgehead atoms. The average molecular weight is 213 g/mol. The average Bonchev–Trinajstić information content (AvgIpc) is 2.38. The van der Waals surface area contributed by atoms with E-state index in [4.69, 9.17) is 4.74 Å². The Labute approximate surface area is 93.7 Å². The number of pyridine rings is 1. The number of carbonyl (C=O) groups is 1. The molecule has 0 aliphatic carbocycles. The van der Waals surface area contributed by atoms with Crippen LogP contribution < -0.4 is 0 Å². The van der Waals surface area contributed by atoms with E-state index in [1.54, 1.807) is 36.7 Å². The zero-order chi connectivity index (χ0) is 11.2. The van der Waals surface area contributed by atoms with E-state index in [2.05, 4.69) is 4.98 Å². The van der Waals surface area contributed by atoms with Gasteiger partial charge in [-0.3, -0.25) is 4.98 Å². The first-order chi connectivity index (χ1) is 7.86. The molecule has 0 aliphatic heterocycles. The SMILES string of the molecule is O=C(OCc1cccnc1)c1ccccc1. The number of ether oxygens (including phenoxy) is 1. The number of hydrogen-bond donors (Lipinski definition) is 0. The maximum Gasteiger partial charge on any atom is 0.338 e. The maximum absolute atomic E-state index is 11.6. The summed E-state index contributed by atoms with van der Waals surface area (Å²) >= 11 is 0. The van der Waals surface area contributed by atoms with Crippen molar-refractivity contribution in [3.63, 3.8) is 0 Å². The van der Waals surface area contributed by atoms with E-state index in [0.717, 1.165) is 5.56 Å². The molecule has 0 spiro atoms. The summed E-state index contributed by atoms with van der Waals surface area (Å²) in [7, 11) is 0. The molecule has 0 radical (unpaired) electrons. The molecule has 1 heterocycles. The molecule has 2 rings (SSSR count). The number of nitrogens with zero attached hydrogens (tertiary/aromatic N) is 1. The second-order valence-corrected chi connectivity index (χ2v) is 3.30. The number of esters is 1. The molecular formula is C13H11NO2. The highest BCUT2D eigenvalue weighted by atomic mass is 16.5. The first-order valence-corrected chi connectivity index (χ1v) is 4.97. The minimum Gasteiger partial charge on any atom is -0.457 e. The third-order valence-electron chi connectivity index (χ3n) is 2.10. The van der Waals surface area contributed by atoms with Crippen LogP contribution in [0.4, 0.5) is 0 Å². The maximum atomic E-state index is 11.6. The van der Waals surface area contributed by atoms with E-state index in [0.29, 0.717) is 5.56 Å². The fourth-order valence-electron chi connectivity index (χ4n) is 1.29. The predicted octanol–water partition coefficient (Wildman–Crippen LogP) is 2.44. The van der Waals surface area contributed by atoms with Crippen LogP contribution in [0.1, 0.15) is 15.9 Å². The van der Waals surface area contributed by atoms with Crippen molar-refractivity contribution in [1.82, 2.24) is 4.98 Å². The standard InChI is InChI=1S/C13H11NO2/c15-13(12-6-2-1-3-7-12)16-10-11-5-4-8-14-9-11/h1-9H,10H2. The molecule has 0 N–H and O–H groups in total. The van der Waals surface area contributed by atoms with Crippen molar-refractivity contribution in [3.05, 3.63) is 66.0 Å². The van der Waals surface area contributed by atoms with Gasteiger partial charge in [-0.2, -0.15) is 0 Å². The second-order valence-electron chi connectivity index (χ2n) is 3.30. The Bertz CT molecular complexity index is 454. The summed E-state index contributed by atoms with van der Waals surface area (Å²) in [6.07, 6.45) is 3.36. The van der Waals surface area contributed by atoms with Gasteiger partial charge in [0.25, 0.3) is 0 Å². The molecule has 0 saturated carbocycles. The third kappa shape index (κ3) is 2.67. The van der Waals surface area contributed by atoms with Crippen molar-refractivity contribution in [1.29, 1.82) is 0 Å². The number of carbonyl (C=O) groups excluding carboxylic acids is 1. The molecule has 0 saturated heterocycles. The number of rotatable bonds is 3. The van der Waals surface area contributed by atoms with E-state index in [-0.39, 0.29) is 12.6 Å². The molecular weight excluding hydrogens is 202 g/mol. The van der Waals surface area contributed by atoms with Gasteiger partial charge in [0.05, 0.1) is 5.56 Å². The lowest BCUT2D eigenvalue weighted by Gasteiger charge is -2.03. The van der Waals surface area contributed by atoms with Gasteiger partial charge in [0, 0.05) is 18.0 Å². The van der Waals surface area contributed by atoms with Gasteiger partial charge in [-0.15, -0.1) is 0 Å². The normalized spacial score (nSPS) is 9.75. The predicted molar refractivity (Wildman–Crippen MR) is 59.8 cm³/mol. The Morgan fingerprint density at radius 1 is 1.12 bits per heavy atom. The molecule has 1 aromatic heterocycles. The van der Waals surface area contributed by atoms with Gasteiger partial charge in [0.15, 0.2) is 0 Å². The van der Waals surface area contributed by atoms with E-state index in [1.807, 2.05) is 18.2 Å². The minimum atomic E-state index is -0.315. The van der Waals surface area contributed by atoms with E-state index in [9.17, 15) is 4.79 Å². The van der Waals surface area contributed by atoms with Crippen LogP contribution in [0, 0.1) is 0 Å². The third-order valence-corrected chi connectivity index (χ3v) is 2.10. The number of aromatic nitrogens is 1. The first kappa shape index (κ1) is 10.4. The summed E-state index contributed by atoms with van der Waals surface area (Å²) in [5, 5.41) is 0. The lowest BCUT2D eigenvalue weighted by atomic mass is 10.2. The van der Waals surface area contributed by atoms with Gasteiger partial charge in [0.1, 0.15) is 6.61 Å². The molecule has 80 valence electrons. The van der Waals surface area contributed by atoms with Gasteiger partial charge in [-0.05, 0) is 18.2 Å². The van der Waals surface area contributed by atoms with Crippen LogP contribution in [0.3, 0.4) is 0 Å². The summed E-state index contributed by atoms with van der Waals surface area (Å²) in [5.41, 5.74) is 1.44. The summed E-state index contributed by atoms with van der Waals surface area (Å²) in [6, 6.07) is 12.6. The molecule has 3 nitrogen and oxygen atoms in total. The van der Waals surface area contributed by atoms with E-state index < -0.39 is 0 Å². The molecule has 0 aliphatic rings. The molecule has 0 unspecified atom stereocenters. The monoisotopic (exact) mass is 213 g/mol. The molecule has 16 heavy (non-hydrogen) atoms. The van der Waals surface area contributed by atoms with Gasteiger partial charge >= 0.3 is 5.97 Å². The van der Waals surface area contributed by atoms with Crippen molar-refractivity contribution in [2.75, 3.05) is 0 Å². The minimum absolute atomic E-state index is 0.252. The molecule has 0 atom stereocenters. The van der Waals surface area contributed by atoms with Gasteiger partial charge in [-0.25, -0.2) is 4.79 Å². The van der Waals surface area contributed by atoms with E-state index in [1.165, 1.54) is 0 Å². The van der Waals surface area contributed by atoms with Crippen molar-refractivity contribution < 1.29 is 9.53 Å². The van der Waals surface area contributed by atoms with Gasteiger partial charge < -0.3 is 4.74 Å². The summed E-state index contributed by atoms with van der Waals surface area (Å²) in [4.78, 5) is 15.5. The molecule has 2 aromatic rings. The topological polar surface area (TPSA) is 39.2 Å². The highest BCUT2D eigenvalue weighted by molar-refractivity contribution is 5.89. The lowest BCUT2D eigenvalue weighted by Crippen LogP contribution is -2.04. The summed E-state index contributed by atoms with van der Waals surface area (Å²) in [5.74, 6) is -0.315. The Morgan fingerprint density at radius 3 is 2.62 bits per heavy atom. The smallest absolute Gasteiger partial charge is 0.338 e. The Balaban J connectivity index is 1.95. The van der Waals surface area contributed by atoms with Gasteiger partial charge in [-0.1, -0.05) is 24.3 Å². The summed E-state index contributed by atoms with van der Waals surface area (Å²) in [6.45, 7) is 0.252. The van der Waals surface area contributed by atoms with Crippen molar-refractivity contribution in [3.8, 4) is 0 Å². The largest absolute Gasteiger partial charge is 0.457 e. The molecule has 0 fully saturated rings. The zero-order valence-electron chi connectivity index (χ0n) is 8.67. The Morgan fingerprint density at radius 2 is 1.94 bits per heavy atom. The van der Waals surface area contributed by atoms with Gasteiger partial charge in [0.2, 0.25) is 0 Å². The highest BCUT2D eigenvalue weighted by Gasteiger charge is 2.05. The van der Waals surface area contributed by atoms with Crippen LogP contribution in [0.5, 0.6) is 0 Å². The van der Waals surface area contributed by atoms with Crippen molar-refractivity contribution in [2.45, 2.75) is 6.61 Å². The number of benzene rings is 1. The van der Waals surface area contributed by atoms with Crippen LogP contribution in [0.15, 0.2) is 54.9 Å². The van der Waals surface area contributed by atoms with Crippen LogP contribution in [-0.4, -0.2) is 11.0 Å². The fraction of sp³-hybridized carbons (Fsp3) is 0.0769.